The Labute approximate surface area is 189 Å². The molecule has 152 valence electrons. The number of nitrogens with one attached hydrogen (secondary N) is 2. The highest BCUT2D eigenvalue weighted by atomic mass is 127. The van der Waals surface area contributed by atoms with Gasteiger partial charge in [-0.2, -0.15) is 11.8 Å². The SMILES string of the molecule is CN=C(NCc1ccc(OCc2ccccn2)cc1)NCC1(C)CCCS1.I. The summed E-state index contributed by atoms with van der Waals surface area (Å²) in [6, 6.07) is 14.0. The molecule has 0 amide bonds. The molecular formula is C21H29IN4OS. The van der Waals surface area contributed by atoms with Crippen molar-refractivity contribution in [2.45, 2.75) is 37.7 Å². The molecule has 0 aliphatic carbocycles. The van der Waals surface area contributed by atoms with Gasteiger partial charge >= 0.3 is 0 Å². The molecule has 2 N–H and O–H groups in total. The number of hydrogen-bond donors (Lipinski definition) is 2. The van der Waals surface area contributed by atoms with Crippen LogP contribution in [0.2, 0.25) is 0 Å². The monoisotopic (exact) mass is 512 g/mol. The second kappa shape index (κ2) is 11.5. The molecule has 0 radical (unpaired) electrons. The van der Waals surface area contributed by atoms with E-state index in [-0.39, 0.29) is 24.0 Å². The Balaban J connectivity index is 0.00000280. The minimum absolute atomic E-state index is 0. The summed E-state index contributed by atoms with van der Waals surface area (Å²) in [4.78, 5) is 8.59. The molecule has 3 rings (SSSR count). The van der Waals surface area contributed by atoms with Crippen LogP contribution in [-0.4, -0.2) is 35.0 Å². The van der Waals surface area contributed by atoms with E-state index in [1.807, 2.05) is 37.4 Å². The van der Waals surface area contributed by atoms with Gasteiger partial charge in [0.2, 0.25) is 0 Å². The first-order valence-corrected chi connectivity index (χ1v) is 10.4. The first kappa shape index (κ1) is 22.8. The van der Waals surface area contributed by atoms with Crippen LogP contribution < -0.4 is 15.4 Å². The zero-order chi connectivity index (χ0) is 19.0. The van der Waals surface area contributed by atoms with Crippen molar-refractivity contribution in [3.63, 3.8) is 0 Å². The van der Waals surface area contributed by atoms with Crippen molar-refractivity contribution in [2.24, 2.45) is 4.99 Å². The number of guanidine groups is 1. The number of rotatable bonds is 7. The number of aromatic nitrogens is 1. The zero-order valence-corrected chi connectivity index (χ0v) is 19.6. The van der Waals surface area contributed by atoms with Crippen LogP contribution in [0.3, 0.4) is 0 Å². The Morgan fingerprint density at radius 3 is 2.68 bits per heavy atom. The Bertz CT molecular complexity index is 734. The number of hydrogen-bond acceptors (Lipinski definition) is 4. The lowest BCUT2D eigenvalue weighted by molar-refractivity contribution is 0.301. The summed E-state index contributed by atoms with van der Waals surface area (Å²) >= 11 is 2.05. The normalized spacial score (nSPS) is 19.0. The summed E-state index contributed by atoms with van der Waals surface area (Å²) in [7, 11) is 1.81. The molecule has 1 aliphatic rings. The molecule has 1 unspecified atom stereocenters. The van der Waals surface area contributed by atoms with Crippen LogP contribution in [0.15, 0.2) is 53.7 Å². The van der Waals surface area contributed by atoms with Gasteiger partial charge in [-0.05, 0) is 55.3 Å². The maximum Gasteiger partial charge on any atom is 0.191 e. The van der Waals surface area contributed by atoms with Gasteiger partial charge in [0.1, 0.15) is 12.4 Å². The molecule has 1 fully saturated rings. The van der Waals surface area contributed by atoms with Gasteiger partial charge < -0.3 is 15.4 Å². The van der Waals surface area contributed by atoms with Crippen molar-refractivity contribution in [3.05, 3.63) is 59.9 Å². The standard InChI is InChI=1S/C21H28N4OS.HI/c1-21(11-5-13-27-21)16-25-20(22-2)24-14-17-7-9-19(10-8-17)26-15-18-6-3-4-12-23-18;/h3-4,6-10,12H,5,11,13-16H2,1-2H3,(H2,22,24,25);1H. The molecule has 1 aliphatic heterocycles. The Morgan fingerprint density at radius 1 is 1.21 bits per heavy atom. The first-order chi connectivity index (χ1) is 13.2. The van der Waals surface area contributed by atoms with Crippen LogP contribution in [0.5, 0.6) is 5.75 Å². The summed E-state index contributed by atoms with van der Waals surface area (Å²) < 4.78 is 6.10. The number of pyridine rings is 1. The molecule has 1 atom stereocenters. The molecular weight excluding hydrogens is 483 g/mol. The van der Waals surface area contributed by atoms with E-state index < -0.39 is 0 Å². The zero-order valence-electron chi connectivity index (χ0n) is 16.5. The number of thioether (sulfide) groups is 1. The average molecular weight is 512 g/mol. The summed E-state index contributed by atoms with van der Waals surface area (Å²) in [5.41, 5.74) is 2.11. The molecule has 1 saturated heterocycles. The molecule has 5 nitrogen and oxygen atoms in total. The van der Waals surface area contributed by atoms with E-state index in [1.54, 1.807) is 6.20 Å². The average Bonchev–Trinajstić information content (AvgIpc) is 3.15. The highest BCUT2D eigenvalue weighted by molar-refractivity contribution is 14.0. The Kier molecular flexibility index (Phi) is 9.37. The van der Waals surface area contributed by atoms with Gasteiger partial charge in [0.15, 0.2) is 5.96 Å². The van der Waals surface area contributed by atoms with Crippen LogP contribution in [0.4, 0.5) is 0 Å². The molecule has 0 bridgehead atoms. The number of ether oxygens (including phenoxy) is 1. The van der Waals surface area contributed by atoms with Crippen LogP contribution in [-0.2, 0) is 13.2 Å². The van der Waals surface area contributed by atoms with E-state index >= 15 is 0 Å². The molecule has 28 heavy (non-hydrogen) atoms. The summed E-state index contributed by atoms with van der Waals surface area (Å²) in [5, 5.41) is 6.84. The molecule has 2 aromatic rings. The molecule has 0 spiro atoms. The summed E-state index contributed by atoms with van der Waals surface area (Å²) in [6.45, 7) is 4.47. The second-order valence-electron chi connectivity index (χ2n) is 6.93. The highest BCUT2D eigenvalue weighted by Crippen LogP contribution is 2.36. The lowest BCUT2D eigenvalue weighted by Gasteiger charge is -2.24. The number of aliphatic imine (C=N–C) groups is 1. The van der Waals surface area contributed by atoms with Crippen molar-refractivity contribution >= 4 is 41.7 Å². The van der Waals surface area contributed by atoms with E-state index in [0.29, 0.717) is 11.4 Å². The number of benzene rings is 1. The lowest BCUT2D eigenvalue weighted by atomic mass is 10.1. The van der Waals surface area contributed by atoms with Gasteiger partial charge in [-0.3, -0.25) is 9.98 Å². The van der Waals surface area contributed by atoms with Gasteiger partial charge in [0.25, 0.3) is 0 Å². The fraction of sp³-hybridized carbons (Fsp3) is 0.429. The van der Waals surface area contributed by atoms with Gasteiger partial charge in [0, 0.05) is 31.1 Å². The fourth-order valence-electron chi connectivity index (χ4n) is 3.00. The van der Waals surface area contributed by atoms with Gasteiger partial charge in [-0.1, -0.05) is 18.2 Å². The third kappa shape index (κ3) is 7.16. The fourth-order valence-corrected chi connectivity index (χ4v) is 4.24. The van der Waals surface area contributed by atoms with Crippen LogP contribution in [0.1, 0.15) is 31.0 Å². The largest absolute Gasteiger partial charge is 0.487 e. The van der Waals surface area contributed by atoms with Crippen LogP contribution in [0.25, 0.3) is 0 Å². The smallest absolute Gasteiger partial charge is 0.191 e. The first-order valence-electron chi connectivity index (χ1n) is 9.37. The van der Waals surface area contributed by atoms with Gasteiger partial charge in [0.05, 0.1) is 5.69 Å². The summed E-state index contributed by atoms with van der Waals surface area (Å²) in [5.74, 6) is 2.95. The van der Waals surface area contributed by atoms with Crippen LogP contribution in [0, 0.1) is 0 Å². The summed E-state index contributed by atoms with van der Waals surface area (Å²) in [6.07, 6.45) is 4.35. The van der Waals surface area contributed by atoms with E-state index in [9.17, 15) is 0 Å². The Hall–Kier alpha value is -1.48. The van der Waals surface area contributed by atoms with Gasteiger partial charge in [-0.15, -0.1) is 24.0 Å². The van der Waals surface area contributed by atoms with Crippen molar-refractivity contribution < 1.29 is 4.74 Å². The van der Waals surface area contributed by atoms with Crippen molar-refractivity contribution in [1.29, 1.82) is 0 Å². The quantitative estimate of drug-likeness (QED) is 0.331. The van der Waals surface area contributed by atoms with E-state index in [4.69, 9.17) is 4.74 Å². The molecule has 2 heterocycles. The maximum absolute atomic E-state index is 5.78. The minimum Gasteiger partial charge on any atom is -0.487 e. The van der Waals surface area contributed by atoms with Crippen molar-refractivity contribution in [3.8, 4) is 5.75 Å². The van der Waals surface area contributed by atoms with Crippen molar-refractivity contribution in [1.82, 2.24) is 15.6 Å². The van der Waals surface area contributed by atoms with Gasteiger partial charge in [-0.25, -0.2) is 0 Å². The minimum atomic E-state index is 0. The number of halogens is 1. The molecule has 1 aromatic heterocycles. The third-order valence-corrected chi connectivity index (χ3v) is 6.19. The number of nitrogens with zero attached hydrogens (tertiary/aromatic N) is 2. The highest BCUT2D eigenvalue weighted by Gasteiger charge is 2.29. The molecule has 7 heteroatoms. The Morgan fingerprint density at radius 2 is 2.04 bits per heavy atom. The maximum atomic E-state index is 5.78. The third-order valence-electron chi connectivity index (χ3n) is 4.65. The predicted molar refractivity (Wildman–Crippen MR) is 129 cm³/mol. The topological polar surface area (TPSA) is 58.5 Å². The van der Waals surface area contributed by atoms with Crippen LogP contribution >= 0.6 is 35.7 Å². The predicted octanol–water partition coefficient (Wildman–Crippen LogP) is 4.23. The lowest BCUT2D eigenvalue weighted by Crippen LogP contribution is -2.43. The molecule has 0 saturated carbocycles. The van der Waals surface area contributed by atoms with E-state index in [0.717, 1.165) is 30.5 Å². The van der Waals surface area contributed by atoms with E-state index in [1.165, 1.54) is 24.2 Å². The van der Waals surface area contributed by atoms with E-state index in [2.05, 4.69) is 51.4 Å². The van der Waals surface area contributed by atoms with Crippen molar-refractivity contribution in [2.75, 3.05) is 19.3 Å². The second-order valence-corrected chi connectivity index (χ2v) is 8.62. The molecule has 1 aromatic carbocycles.